The monoisotopic (exact) mass is 305 g/mol. The number of benzene rings is 1. The van der Waals surface area contributed by atoms with Gasteiger partial charge in [0.05, 0.1) is 18.4 Å². The molecular weight excluding hydrogens is 290 g/mol. The first-order chi connectivity index (χ1) is 10.1. The Morgan fingerprint density at radius 3 is 3.05 bits per heavy atom. The van der Waals surface area contributed by atoms with E-state index in [1.165, 1.54) is 0 Å². The van der Waals surface area contributed by atoms with Crippen LogP contribution in [0.2, 0.25) is 5.02 Å². The number of nitrogens with one attached hydrogen (secondary N) is 1. The Balaban J connectivity index is 1.77. The maximum Gasteiger partial charge on any atom is 0.310 e. The Hall–Kier alpha value is -1.81. The number of allylic oxidation sites excluding steroid dienone is 2. The fraction of sp³-hybridized carbons (Fsp3) is 0.375. The van der Waals surface area contributed by atoms with Gasteiger partial charge in [-0.3, -0.25) is 9.59 Å². The Morgan fingerprint density at radius 2 is 2.24 bits per heavy atom. The van der Waals surface area contributed by atoms with Crippen molar-refractivity contribution in [1.82, 2.24) is 0 Å². The van der Waals surface area contributed by atoms with Crippen molar-refractivity contribution < 1.29 is 14.3 Å². The topological polar surface area (TPSA) is 55.4 Å². The number of anilines is 1. The highest BCUT2D eigenvalue weighted by molar-refractivity contribution is 6.30. The fourth-order valence-corrected chi connectivity index (χ4v) is 3.23. The van der Waals surface area contributed by atoms with E-state index in [1.807, 2.05) is 12.2 Å². The number of amides is 1. The van der Waals surface area contributed by atoms with Crippen molar-refractivity contribution in [1.29, 1.82) is 0 Å². The summed E-state index contributed by atoms with van der Waals surface area (Å²) in [5.74, 6) is -1.07. The zero-order chi connectivity index (χ0) is 14.8. The lowest BCUT2D eigenvalue weighted by Crippen LogP contribution is -2.43. The normalized spacial score (nSPS) is 27.7. The van der Waals surface area contributed by atoms with Gasteiger partial charge in [0.15, 0.2) is 0 Å². The molecule has 1 aliphatic heterocycles. The van der Waals surface area contributed by atoms with Crippen molar-refractivity contribution in [3.8, 4) is 0 Å². The van der Waals surface area contributed by atoms with Crippen LogP contribution in [0, 0.1) is 17.8 Å². The number of hydrogen-bond donors (Lipinski definition) is 1. The number of halogens is 1. The summed E-state index contributed by atoms with van der Waals surface area (Å²) >= 11 is 5.91. The van der Waals surface area contributed by atoms with Gasteiger partial charge in [0.1, 0.15) is 0 Å². The summed E-state index contributed by atoms with van der Waals surface area (Å²) in [7, 11) is 0. The van der Waals surface area contributed by atoms with Crippen molar-refractivity contribution in [3.63, 3.8) is 0 Å². The number of esters is 1. The van der Waals surface area contributed by atoms with Gasteiger partial charge in [0, 0.05) is 10.7 Å². The molecule has 0 spiro atoms. The van der Waals surface area contributed by atoms with E-state index in [0.29, 0.717) is 23.7 Å². The molecule has 110 valence electrons. The molecule has 1 amide bonds. The molecule has 0 aromatic heterocycles. The van der Waals surface area contributed by atoms with E-state index in [4.69, 9.17) is 16.3 Å². The average molecular weight is 306 g/mol. The van der Waals surface area contributed by atoms with Crippen LogP contribution < -0.4 is 5.32 Å². The molecule has 1 saturated heterocycles. The van der Waals surface area contributed by atoms with E-state index in [-0.39, 0.29) is 29.6 Å². The van der Waals surface area contributed by atoms with E-state index in [1.54, 1.807) is 24.3 Å². The molecule has 0 unspecified atom stereocenters. The minimum absolute atomic E-state index is 0.107. The molecular formula is C16H16ClNO3. The average Bonchev–Trinajstić information content (AvgIpc) is 2.47. The summed E-state index contributed by atoms with van der Waals surface area (Å²) in [6.07, 6.45) is 5.37. The van der Waals surface area contributed by atoms with Gasteiger partial charge in [-0.1, -0.05) is 29.8 Å². The van der Waals surface area contributed by atoms with Crippen molar-refractivity contribution >= 4 is 29.2 Å². The number of cyclic esters (lactones) is 1. The number of fused-ring (bicyclic) bond motifs is 1. The van der Waals surface area contributed by atoms with Gasteiger partial charge in [-0.2, -0.15) is 0 Å². The molecule has 2 aliphatic rings. The molecule has 3 atom stereocenters. The second-order valence-electron chi connectivity index (χ2n) is 5.42. The highest BCUT2D eigenvalue weighted by Crippen LogP contribution is 2.37. The molecule has 21 heavy (non-hydrogen) atoms. The number of ether oxygens (including phenoxy) is 1. The molecule has 1 fully saturated rings. The number of hydrogen-bond acceptors (Lipinski definition) is 3. The molecule has 1 heterocycles. The molecule has 1 aliphatic carbocycles. The van der Waals surface area contributed by atoms with E-state index in [9.17, 15) is 9.59 Å². The fourth-order valence-electron chi connectivity index (χ4n) is 3.04. The summed E-state index contributed by atoms with van der Waals surface area (Å²) in [5, 5.41) is 3.40. The standard InChI is InChI=1S/C16H16ClNO3/c17-11-4-2-5-12(9-11)18-15(19)13-6-1-3-10-7-8-21-16(20)14(10)13/h1-5,9-10,13-14H,6-8H2,(H,18,19)/t10-,13-,14+/m1/s1. The summed E-state index contributed by atoms with van der Waals surface area (Å²) in [4.78, 5) is 24.5. The summed E-state index contributed by atoms with van der Waals surface area (Å²) in [6, 6.07) is 6.99. The maximum atomic E-state index is 12.5. The van der Waals surface area contributed by atoms with Crippen LogP contribution in [0.25, 0.3) is 0 Å². The van der Waals surface area contributed by atoms with Crippen LogP contribution in [0.5, 0.6) is 0 Å². The smallest absolute Gasteiger partial charge is 0.310 e. The largest absolute Gasteiger partial charge is 0.465 e. The summed E-state index contributed by atoms with van der Waals surface area (Å²) in [5.41, 5.74) is 0.641. The van der Waals surface area contributed by atoms with Gasteiger partial charge in [-0.15, -0.1) is 0 Å². The van der Waals surface area contributed by atoms with Gasteiger partial charge in [-0.05, 0) is 37.0 Å². The lowest BCUT2D eigenvalue weighted by Gasteiger charge is -2.35. The molecule has 0 bridgehead atoms. The van der Waals surface area contributed by atoms with Crippen LogP contribution in [0.3, 0.4) is 0 Å². The highest BCUT2D eigenvalue weighted by atomic mass is 35.5. The predicted molar refractivity (Wildman–Crippen MR) is 79.9 cm³/mol. The summed E-state index contributed by atoms with van der Waals surface area (Å²) < 4.78 is 5.12. The molecule has 0 radical (unpaired) electrons. The highest BCUT2D eigenvalue weighted by Gasteiger charge is 2.43. The maximum absolute atomic E-state index is 12.5. The molecule has 1 N–H and O–H groups in total. The van der Waals surface area contributed by atoms with Crippen LogP contribution in [0.15, 0.2) is 36.4 Å². The quantitative estimate of drug-likeness (QED) is 0.675. The molecule has 1 aromatic carbocycles. The zero-order valence-corrected chi connectivity index (χ0v) is 12.2. The third kappa shape index (κ3) is 2.95. The van der Waals surface area contributed by atoms with Crippen LogP contribution in [-0.4, -0.2) is 18.5 Å². The van der Waals surface area contributed by atoms with Gasteiger partial charge < -0.3 is 10.1 Å². The Morgan fingerprint density at radius 1 is 1.38 bits per heavy atom. The van der Waals surface area contributed by atoms with Gasteiger partial charge in [0.25, 0.3) is 0 Å². The Labute approximate surface area is 128 Å². The number of rotatable bonds is 2. The minimum Gasteiger partial charge on any atom is -0.465 e. The first-order valence-electron chi connectivity index (χ1n) is 7.05. The lowest BCUT2D eigenvalue weighted by atomic mass is 9.73. The van der Waals surface area contributed by atoms with Gasteiger partial charge >= 0.3 is 5.97 Å². The van der Waals surface area contributed by atoms with Gasteiger partial charge in [-0.25, -0.2) is 0 Å². The summed E-state index contributed by atoms with van der Waals surface area (Å²) in [6.45, 7) is 0.437. The van der Waals surface area contributed by atoms with E-state index in [2.05, 4.69) is 5.32 Å². The number of carbonyl (C=O) groups excluding carboxylic acids is 2. The third-order valence-electron chi connectivity index (χ3n) is 4.06. The molecule has 0 saturated carbocycles. The minimum atomic E-state index is -0.383. The lowest BCUT2D eigenvalue weighted by molar-refractivity contribution is -0.160. The van der Waals surface area contributed by atoms with Crippen LogP contribution in [0.1, 0.15) is 12.8 Å². The molecule has 4 nitrogen and oxygen atoms in total. The first kappa shape index (κ1) is 14.1. The predicted octanol–water partition coefficient (Wildman–Crippen LogP) is 3.03. The third-order valence-corrected chi connectivity index (χ3v) is 4.30. The van der Waals surface area contributed by atoms with Crippen molar-refractivity contribution in [3.05, 3.63) is 41.4 Å². The van der Waals surface area contributed by atoms with Crippen molar-refractivity contribution in [2.24, 2.45) is 17.8 Å². The Kier molecular flexibility index (Phi) is 3.97. The Bertz CT molecular complexity index is 599. The van der Waals surface area contributed by atoms with Crippen molar-refractivity contribution in [2.45, 2.75) is 12.8 Å². The zero-order valence-electron chi connectivity index (χ0n) is 11.4. The molecule has 1 aromatic rings. The van der Waals surface area contributed by atoms with E-state index < -0.39 is 0 Å². The second kappa shape index (κ2) is 5.90. The van der Waals surface area contributed by atoms with Crippen molar-refractivity contribution in [2.75, 3.05) is 11.9 Å². The van der Waals surface area contributed by atoms with Crippen LogP contribution >= 0.6 is 11.6 Å². The van der Waals surface area contributed by atoms with Crippen LogP contribution in [0.4, 0.5) is 5.69 Å². The van der Waals surface area contributed by atoms with E-state index in [0.717, 1.165) is 6.42 Å². The SMILES string of the molecule is O=C1OCC[C@H]2C=CC[C@@H](C(=O)Nc3cccc(Cl)c3)[C@@H]12. The molecule has 3 rings (SSSR count). The number of carbonyl (C=O) groups is 2. The second-order valence-corrected chi connectivity index (χ2v) is 5.85. The van der Waals surface area contributed by atoms with E-state index >= 15 is 0 Å². The van der Waals surface area contributed by atoms with Crippen LogP contribution in [-0.2, 0) is 14.3 Å². The molecule has 5 heteroatoms. The first-order valence-corrected chi connectivity index (χ1v) is 7.42. The van der Waals surface area contributed by atoms with Gasteiger partial charge in [0.2, 0.25) is 5.91 Å².